The molecule has 1 aromatic heterocycles. The van der Waals surface area contributed by atoms with Crippen LogP contribution in [-0.2, 0) is 25.3 Å². The second-order valence-electron chi connectivity index (χ2n) is 7.49. The molecule has 2 amide bonds. The maximum Gasteiger partial charge on any atom is 0.330 e. The number of anilines is 1. The topological polar surface area (TPSA) is 121 Å². The van der Waals surface area contributed by atoms with Gasteiger partial charge in [0.25, 0.3) is 11.5 Å². The number of benzene rings is 2. The van der Waals surface area contributed by atoms with Crippen molar-refractivity contribution in [3.8, 4) is 11.5 Å². The van der Waals surface area contributed by atoms with E-state index in [0.29, 0.717) is 35.7 Å². The zero-order valence-electron chi connectivity index (χ0n) is 19.1. The van der Waals surface area contributed by atoms with Crippen LogP contribution in [0.1, 0.15) is 22.8 Å². The van der Waals surface area contributed by atoms with Crippen LogP contribution in [0.4, 0.5) is 5.69 Å². The molecule has 174 valence electrons. The highest BCUT2D eigenvalue weighted by molar-refractivity contribution is 6.06. The van der Waals surface area contributed by atoms with E-state index in [-0.39, 0.29) is 16.9 Å². The minimum Gasteiger partial charge on any atom is -0.493 e. The van der Waals surface area contributed by atoms with Gasteiger partial charge in [-0.1, -0.05) is 0 Å². The Balaban J connectivity index is 2.00. The molecule has 2 aromatic carbocycles. The Hall–Kier alpha value is -4.08. The van der Waals surface area contributed by atoms with Gasteiger partial charge < -0.3 is 20.1 Å². The van der Waals surface area contributed by atoms with Crippen molar-refractivity contribution in [1.29, 1.82) is 0 Å². The Morgan fingerprint density at radius 3 is 2.27 bits per heavy atom. The van der Waals surface area contributed by atoms with Crippen LogP contribution in [0.15, 0.2) is 39.9 Å². The third-order valence-corrected chi connectivity index (χ3v) is 5.35. The lowest BCUT2D eigenvalue weighted by Crippen LogP contribution is -2.37. The highest BCUT2D eigenvalue weighted by Crippen LogP contribution is 2.34. The molecule has 0 saturated carbocycles. The number of hydrogen-bond acceptors (Lipinski definition) is 6. The zero-order valence-corrected chi connectivity index (χ0v) is 19.1. The summed E-state index contributed by atoms with van der Waals surface area (Å²) >= 11 is 0. The first-order valence-corrected chi connectivity index (χ1v) is 10.2. The predicted octanol–water partition coefficient (Wildman–Crippen LogP) is 1.19. The van der Waals surface area contributed by atoms with Crippen LogP contribution in [0.25, 0.3) is 10.9 Å². The molecule has 0 radical (unpaired) electrons. The monoisotopic (exact) mass is 454 g/mol. The number of nitrogens with zero attached hydrogens (tertiary/aromatic N) is 2. The second-order valence-corrected chi connectivity index (χ2v) is 7.49. The van der Waals surface area contributed by atoms with Gasteiger partial charge in [0.1, 0.15) is 0 Å². The van der Waals surface area contributed by atoms with Crippen LogP contribution >= 0.6 is 0 Å². The van der Waals surface area contributed by atoms with Crippen molar-refractivity contribution in [1.82, 2.24) is 14.5 Å². The largest absolute Gasteiger partial charge is 0.493 e. The van der Waals surface area contributed by atoms with Crippen molar-refractivity contribution >= 4 is 28.4 Å². The van der Waals surface area contributed by atoms with Gasteiger partial charge in [-0.2, -0.15) is 0 Å². The maximum absolute atomic E-state index is 13.1. The average molecular weight is 454 g/mol. The van der Waals surface area contributed by atoms with Gasteiger partial charge in [-0.05, 0) is 36.2 Å². The molecule has 0 fully saturated rings. The number of aromatic nitrogens is 2. The molecule has 0 bridgehead atoms. The molecule has 0 atom stereocenters. The van der Waals surface area contributed by atoms with E-state index in [2.05, 4.69) is 10.6 Å². The van der Waals surface area contributed by atoms with Gasteiger partial charge in [-0.25, -0.2) is 4.79 Å². The lowest BCUT2D eigenvalue weighted by molar-refractivity contribution is -0.118. The van der Waals surface area contributed by atoms with Gasteiger partial charge >= 0.3 is 5.69 Å². The van der Waals surface area contributed by atoms with Gasteiger partial charge in [0, 0.05) is 44.9 Å². The first-order valence-electron chi connectivity index (χ1n) is 10.2. The number of nitrogens with one attached hydrogen (secondary N) is 2. The van der Waals surface area contributed by atoms with Crippen LogP contribution in [-0.4, -0.2) is 41.7 Å². The molecule has 3 aromatic rings. The molecule has 10 heteroatoms. The summed E-state index contributed by atoms with van der Waals surface area (Å²) in [6.45, 7) is 1.80. The van der Waals surface area contributed by atoms with Crippen molar-refractivity contribution in [2.75, 3.05) is 26.1 Å². The predicted molar refractivity (Wildman–Crippen MR) is 124 cm³/mol. The fraction of sp³-hybridized carbons (Fsp3) is 0.304. The Labute approximate surface area is 189 Å². The molecule has 0 aliphatic rings. The number of amides is 2. The number of rotatable bonds is 7. The van der Waals surface area contributed by atoms with E-state index in [4.69, 9.17) is 9.47 Å². The molecular weight excluding hydrogens is 428 g/mol. The molecule has 0 spiro atoms. The first kappa shape index (κ1) is 23.6. The van der Waals surface area contributed by atoms with Crippen molar-refractivity contribution in [2.45, 2.75) is 13.3 Å². The fourth-order valence-corrected chi connectivity index (χ4v) is 3.55. The third kappa shape index (κ3) is 4.74. The van der Waals surface area contributed by atoms with Crippen LogP contribution in [0.3, 0.4) is 0 Å². The van der Waals surface area contributed by atoms with E-state index >= 15 is 0 Å². The molecule has 33 heavy (non-hydrogen) atoms. The normalized spacial score (nSPS) is 10.7. The summed E-state index contributed by atoms with van der Waals surface area (Å²) in [6, 6.07) is 7.96. The number of carbonyl (C=O) groups excluding carboxylic acids is 2. The molecule has 0 saturated heterocycles. The van der Waals surface area contributed by atoms with E-state index in [1.807, 2.05) is 0 Å². The number of ether oxygens (including phenoxy) is 2. The lowest BCUT2D eigenvalue weighted by atomic mass is 10.1. The smallest absolute Gasteiger partial charge is 0.330 e. The molecule has 0 unspecified atom stereocenters. The Morgan fingerprint density at radius 2 is 1.64 bits per heavy atom. The lowest BCUT2D eigenvalue weighted by Gasteiger charge is -2.16. The van der Waals surface area contributed by atoms with E-state index in [0.717, 1.165) is 10.1 Å². The molecule has 10 nitrogen and oxygen atoms in total. The summed E-state index contributed by atoms with van der Waals surface area (Å²) in [7, 11) is 5.96. The summed E-state index contributed by atoms with van der Waals surface area (Å²) in [5.74, 6) is 0.316. The minimum atomic E-state index is -0.482. The Morgan fingerprint density at radius 1 is 0.970 bits per heavy atom. The van der Waals surface area contributed by atoms with Crippen LogP contribution < -0.4 is 31.4 Å². The minimum absolute atomic E-state index is 0.159. The van der Waals surface area contributed by atoms with Crippen molar-refractivity contribution < 1.29 is 19.1 Å². The van der Waals surface area contributed by atoms with Crippen molar-refractivity contribution in [3.05, 3.63) is 62.3 Å². The van der Waals surface area contributed by atoms with E-state index < -0.39 is 17.2 Å². The summed E-state index contributed by atoms with van der Waals surface area (Å²) in [5, 5.41) is 5.83. The van der Waals surface area contributed by atoms with E-state index in [1.54, 1.807) is 31.3 Å². The molecular formula is C23H26N4O6. The van der Waals surface area contributed by atoms with Gasteiger partial charge in [0.2, 0.25) is 5.91 Å². The molecule has 0 aliphatic carbocycles. The van der Waals surface area contributed by atoms with Crippen molar-refractivity contribution in [2.24, 2.45) is 14.1 Å². The number of carbonyl (C=O) groups is 2. The maximum atomic E-state index is 13.1. The van der Waals surface area contributed by atoms with Crippen LogP contribution in [0.2, 0.25) is 0 Å². The third-order valence-electron chi connectivity index (χ3n) is 5.35. The number of hydrogen-bond donors (Lipinski definition) is 2. The summed E-state index contributed by atoms with van der Waals surface area (Å²) < 4.78 is 13.1. The average Bonchev–Trinajstić information content (AvgIpc) is 2.81. The Kier molecular flexibility index (Phi) is 6.86. The highest BCUT2D eigenvalue weighted by Gasteiger charge is 2.16. The van der Waals surface area contributed by atoms with Crippen LogP contribution in [0, 0.1) is 0 Å². The molecule has 2 N–H and O–H groups in total. The summed E-state index contributed by atoms with van der Waals surface area (Å²) in [6.07, 6.45) is 0.440. The zero-order chi connectivity index (χ0) is 24.3. The highest BCUT2D eigenvalue weighted by atomic mass is 16.5. The van der Waals surface area contributed by atoms with Crippen LogP contribution in [0.5, 0.6) is 11.5 Å². The van der Waals surface area contributed by atoms with Gasteiger partial charge in [-0.15, -0.1) is 0 Å². The van der Waals surface area contributed by atoms with Gasteiger partial charge in [0.05, 0.1) is 25.1 Å². The first-order chi connectivity index (χ1) is 15.7. The SMILES string of the molecule is COc1cc(CCNC(C)=O)c(NC(=O)c2ccc3c(c2)c(=O)n(C)c(=O)n3C)cc1OC. The fourth-order valence-electron chi connectivity index (χ4n) is 3.55. The summed E-state index contributed by atoms with van der Waals surface area (Å²) in [5.41, 5.74) is 0.969. The van der Waals surface area contributed by atoms with Gasteiger partial charge in [0.15, 0.2) is 11.5 Å². The number of fused-ring (bicyclic) bond motifs is 1. The van der Waals surface area contributed by atoms with E-state index in [1.165, 1.54) is 38.8 Å². The molecule has 1 heterocycles. The van der Waals surface area contributed by atoms with E-state index in [9.17, 15) is 19.2 Å². The number of aryl methyl sites for hydroxylation is 1. The molecule has 3 rings (SSSR count). The summed E-state index contributed by atoms with van der Waals surface area (Å²) in [4.78, 5) is 49.0. The standard InChI is InChI=1S/C23H26N4O6/c1-13(28)24-9-8-14-11-19(32-4)20(33-5)12-17(14)25-21(29)15-6-7-18-16(10-15)22(30)27(3)23(31)26(18)2/h6-7,10-12H,8-9H2,1-5H3,(H,24,28)(H,25,29). The number of methoxy groups -OCH3 is 2. The quantitative estimate of drug-likeness (QED) is 0.553. The molecule has 0 aliphatic heterocycles. The Bertz CT molecular complexity index is 1360. The van der Waals surface area contributed by atoms with Gasteiger partial charge in [-0.3, -0.25) is 23.5 Å². The second kappa shape index (κ2) is 9.60. The van der Waals surface area contributed by atoms with Crippen molar-refractivity contribution in [3.63, 3.8) is 0 Å².